The lowest BCUT2D eigenvalue weighted by Gasteiger charge is -2.31. The fraction of sp³-hybridized carbons (Fsp3) is 0.370. The summed E-state index contributed by atoms with van der Waals surface area (Å²) in [5.41, 5.74) is 3.18. The Morgan fingerprint density at radius 3 is 2.54 bits per heavy atom. The van der Waals surface area contributed by atoms with Crippen molar-refractivity contribution in [2.45, 2.75) is 52.2 Å². The van der Waals surface area contributed by atoms with Crippen LogP contribution in [0.5, 0.6) is 5.75 Å². The lowest BCUT2D eigenvalue weighted by Crippen LogP contribution is -2.37. The molecule has 35 heavy (non-hydrogen) atoms. The zero-order chi connectivity index (χ0) is 24.9. The van der Waals surface area contributed by atoms with Crippen LogP contribution in [0.3, 0.4) is 0 Å². The number of hydrogen-bond donors (Lipinski definition) is 1. The summed E-state index contributed by atoms with van der Waals surface area (Å²) in [6.07, 6.45) is 1.76. The molecule has 2 aromatic carbocycles. The average Bonchev–Trinajstić information content (AvgIpc) is 3.34. The number of thiazole rings is 1. The third-order valence-corrected chi connectivity index (χ3v) is 7.35. The Labute approximate surface area is 215 Å². The number of amides is 2. The van der Waals surface area contributed by atoms with Crippen molar-refractivity contribution >= 4 is 34.8 Å². The lowest BCUT2D eigenvalue weighted by molar-refractivity contribution is 0.0713. The Morgan fingerprint density at radius 2 is 1.89 bits per heavy atom. The summed E-state index contributed by atoms with van der Waals surface area (Å²) in [6.45, 7) is 7.70. The van der Waals surface area contributed by atoms with E-state index in [2.05, 4.69) is 10.3 Å². The first-order valence-electron chi connectivity index (χ1n) is 11.8. The topological polar surface area (TPSA) is 71.5 Å². The number of carbonyl (C=O) groups is 2. The molecule has 0 saturated carbocycles. The highest BCUT2D eigenvalue weighted by Gasteiger charge is 2.27. The SMILES string of the molecule is Cc1cc(Cl)ccc1CNC(=O)c1csc(C2CCN(C(=O)c3ccc(OC(C)C)cc3)CC2)n1. The van der Waals surface area contributed by atoms with E-state index in [4.69, 9.17) is 16.3 Å². The van der Waals surface area contributed by atoms with Gasteiger partial charge in [0.25, 0.3) is 11.8 Å². The van der Waals surface area contributed by atoms with Gasteiger partial charge in [0, 0.05) is 41.5 Å². The lowest BCUT2D eigenvalue weighted by atomic mass is 9.97. The average molecular weight is 512 g/mol. The Balaban J connectivity index is 1.29. The Hall–Kier alpha value is -2.90. The van der Waals surface area contributed by atoms with E-state index in [1.165, 1.54) is 11.3 Å². The molecule has 0 atom stereocenters. The molecule has 0 aliphatic carbocycles. The van der Waals surface area contributed by atoms with Crippen molar-refractivity contribution in [3.63, 3.8) is 0 Å². The minimum absolute atomic E-state index is 0.0382. The Bertz CT molecular complexity index is 1180. The van der Waals surface area contributed by atoms with Crippen LogP contribution >= 0.6 is 22.9 Å². The van der Waals surface area contributed by atoms with Crippen LogP contribution in [-0.2, 0) is 6.54 Å². The number of rotatable bonds is 7. The van der Waals surface area contributed by atoms with E-state index in [1.54, 1.807) is 0 Å². The third kappa shape index (κ3) is 6.41. The Kier molecular flexibility index (Phi) is 8.08. The van der Waals surface area contributed by atoms with Gasteiger partial charge in [0.05, 0.1) is 11.1 Å². The number of hydrogen-bond acceptors (Lipinski definition) is 5. The van der Waals surface area contributed by atoms with Gasteiger partial charge in [0.15, 0.2) is 0 Å². The number of benzene rings is 2. The highest BCUT2D eigenvalue weighted by molar-refractivity contribution is 7.09. The molecular weight excluding hydrogens is 482 g/mol. The highest BCUT2D eigenvalue weighted by Crippen LogP contribution is 2.31. The van der Waals surface area contributed by atoms with Crippen molar-refractivity contribution in [3.8, 4) is 5.75 Å². The molecule has 184 valence electrons. The van der Waals surface area contributed by atoms with Crippen molar-refractivity contribution in [2.75, 3.05) is 13.1 Å². The van der Waals surface area contributed by atoms with Gasteiger partial charge in [-0.25, -0.2) is 4.98 Å². The molecule has 0 spiro atoms. The summed E-state index contributed by atoms with van der Waals surface area (Å²) < 4.78 is 5.66. The molecule has 1 N–H and O–H groups in total. The van der Waals surface area contributed by atoms with Gasteiger partial charge < -0.3 is 15.0 Å². The monoisotopic (exact) mass is 511 g/mol. The summed E-state index contributed by atoms with van der Waals surface area (Å²) in [6, 6.07) is 13.0. The van der Waals surface area contributed by atoms with Crippen LogP contribution in [0.1, 0.15) is 69.6 Å². The van der Waals surface area contributed by atoms with Crippen LogP contribution in [0.15, 0.2) is 47.8 Å². The number of piperidine rings is 1. The summed E-state index contributed by atoms with van der Waals surface area (Å²) >= 11 is 7.52. The van der Waals surface area contributed by atoms with Crippen molar-refractivity contribution in [2.24, 2.45) is 0 Å². The van der Waals surface area contributed by atoms with E-state index < -0.39 is 0 Å². The number of halogens is 1. The molecule has 1 saturated heterocycles. The number of likely N-dealkylation sites (tertiary alicyclic amines) is 1. The quantitative estimate of drug-likeness (QED) is 0.432. The van der Waals surface area contributed by atoms with Crippen molar-refractivity contribution < 1.29 is 14.3 Å². The molecule has 2 amide bonds. The first-order valence-corrected chi connectivity index (χ1v) is 13.1. The van der Waals surface area contributed by atoms with Crippen molar-refractivity contribution in [1.82, 2.24) is 15.2 Å². The van der Waals surface area contributed by atoms with Crippen LogP contribution in [0.4, 0.5) is 0 Å². The van der Waals surface area contributed by atoms with Crippen LogP contribution in [0.2, 0.25) is 5.02 Å². The van der Waals surface area contributed by atoms with E-state index in [9.17, 15) is 9.59 Å². The first kappa shape index (κ1) is 25.2. The molecule has 4 rings (SSSR count). The maximum Gasteiger partial charge on any atom is 0.271 e. The second-order valence-corrected chi connectivity index (χ2v) is 10.4. The van der Waals surface area contributed by atoms with Crippen LogP contribution in [-0.4, -0.2) is 40.9 Å². The summed E-state index contributed by atoms with van der Waals surface area (Å²) in [4.78, 5) is 32.0. The predicted octanol–water partition coefficient (Wildman–Crippen LogP) is 5.84. The molecule has 0 radical (unpaired) electrons. The molecule has 8 heteroatoms. The van der Waals surface area contributed by atoms with Crippen LogP contribution in [0.25, 0.3) is 0 Å². The molecule has 0 bridgehead atoms. The van der Waals surface area contributed by atoms with E-state index in [-0.39, 0.29) is 23.8 Å². The standard InChI is InChI=1S/C27H30ClN3O3S/c1-17(2)34-23-8-5-20(6-9-23)27(33)31-12-10-19(11-13-31)26-30-24(16-35-26)25(32)29-15-21-4-7-22(28)14-18(21)3/h4-9,14,16-17,19H,10-13,15H2,1-3H3,(H,29,32). The largest absolute Gasteiger partial charge is 0.491 e. The minimum atomic E-state index is -0.181. The number of ether oxygens (including phenoxy) is 1. The smallest absolute Gasteiger partial charge is 0.271 e. The number of nitrogens with zero attached hydrogens (tertiary/aromatic N) is 2. The number of aromatic nitrogens is 1. The van der Waals surface area contributed by atoms with Crippen molar-refractivity contribution in [1.29, 1.82) is 0 Å². The van der Waals surface area contributed by atoms with Gasteiger partial charge in [-0.1, -0.05) is 17.7 Å². The molecule has 1 aliphatic rings. The minimum Gasteiger partial charge on any atom is -0.491 e. The van der Waals surface area contributed by atoms with Gasteiger partial charge in [-0.3, -0.25) is 9.59 Å². The Morgan fingerprint density at radius 1 is 1.17 bits per heavy atom. The fourth-order valence-corrected chi connectivity index (χ4v) is 5.36. The number of aryl methyl sites for hydroxylation is 1. The van der Waals surface area contributed by atoms with E-state index in [0.29, 0.717) is 35.9 Å². The normalized spacial score (nSPS) is 14.3. The van der Waals surface area contributed by atoms with Gasteiger partial charge in [-0.15, -0.1) is 11.3 Å². The zero-order valence-corrected chi connectivity index (χ0v) is 21.8. The molecule has 1 fully saturated rings. The third-order valence-electron chi connectivity index (χ3n) is 6.10. The summed E-state index contributed by atoms with van der Waals surface area (Å²) in [5.74, 6) is 0.878. The number of carbonyl (C=O) groups excluding carboxylic acids is 2. The molecule has 3 aromatic rings. The van der Waals surface area contributed by atoms with Gasteiger partial charge in [0.2, 0.25) is 0 Å². The summed E-state index contributed by atoms with van der Waals surface area (Å²) in [5, 5.41) is 6.41. The molecule has 6 nitrogen and oxygen atoms in total. The fourth-order valence-electron chi connectivity index (χ4n) is 4.16. The van der Waals surface area contributed by atoms with Gasteiger partial charge in [0.1, 0.15) is 11.4 Å². The van der Waals surface area contributed by atoms with Crippen LogP contribution in [0, 0.1) is 6.92 Å². The highest BCUT2D eigenvalue weighted by atomic mass is 35.5. The summed E-state index contributed by atoms with van der Waals surface area (Å²) in [7, 11) is 0. The first-order chi connectivity index (χ1) is 16.8. The van der Waals surface area contributed by atoms with Crippen molar-refractivity contribution in [3.05, 3.63) is 80.3 Å². The number of nitrogens with one attached hydrogen (secondary N) is 1. The molecule has 0 unspecified atom stereocenters. The maximum absolute atomic E-state index is 12.9. The second-order valence-electron chi connectivity index (χ2n) is 9.08. The van der Waals surface area contributed by atoms with Crippen LogP contribution < -0.4 is 10.1 Å². The molecular formula is C27H30ClN3O3S. The van der Waals surface area contributed by atoms with E-state index >= 15 is 0 Å². The van der Waals surface area contributed by atoms with Gasteiger partial charge >= 0.3 is 0 Å². The molecule has 1 aliphatic heterocycles. The zero-order valence-electron chi connectivity index (χ0n) is 20.2. The molecule has 1 aromatic heterocycles. The maximum atomic E-state index is 12.9. The van der Waals surface area contributed by atoms with E-state index in [0.717, 1.165) is 34.7 Å². The van der Waals surface area contributed by atoms with Gasteiger partial charge in [-0.2, -0.15) is 0 Å². The molecule has 2 heterocycles. The van der Waals surface area contributed by atoms with E-state index in [1.807, 2.05) is 73.5 Å². The predicted molar refractivity (Wildman–Crippen MR) is 140 cm³/mol. The second kappa shape index (κ2) is 11.2. The van der Waals surface area contributed by atoms with Gasteiger partial charge in [-0.05, 0) is 81.1 Å².